The quantitative estimate of drug-likeness (QED) is 0.869. The highest BCUT2D eigenvalue weighted by molar-refractivity contribution is 7.92. The van der Waals surface area contributed by atoms with Crippen LogP contribution in [0.25, 0.3) is 0 Å². The summed E-state index contributed by atoms with van der Waals surface area (Å²) in [5, 5.41) is 1.84. The van der Waals surface area contributed by atoms with Crippen molar-refractivity contribution in [3.8, 4) is 0 Å². The summed E-state index contributed by atoms with van der Waals surface area (Å²) >= 11 is 1.60. The van der Waals surface area contributed by atoms with Gasteiger partial charge in [0.05, 0.1) is 11.9 Å². The summed E-state index contributed by atoms with van der Waals surface area (Å²) in [4.78, 5) is 1.22. The molecule has 1 aromatic heterocycles. The largest absolute Gasteiger partial charge is 0.283 e. The van der Waals surface area contributed by atoms with E-state index in [0.717, 1.165) is 12.7 Å². The molecule has 0 aliphatic rings. The van der Waals surface area contributed by atoms with E-state index in [2.05, 4.69) is 18.6 Å². The average Bonchev–Trinajstić information content (AvgIpc) is 2.48. The Morgan fingerprint density at radius 1 is 1.57 bits per heavy atom. The van der Waals surface area contributed by atoms with E-state index in [4.69, 9.17) is 0 Å². The van der Waals surface area contributed by atoms with Gasteiger partial charge in [0.1, 0.15) is 0 Å². The van der Waals surface area contributed by atoms with E-state index in [-0.39, 0.29) is 0 Å². The number of rotatable bonds is 4. The summed E-state index contributed by atoms with van der Waals surface area (Å²) < 4.78 is 24.3. The molecule has 1 rings (SSSR count). The molecule has 0 fully saturated rings. The number of hydrogen-bond donors (Lipinski definition) is 1. The normalized spacial score (nSPS) is 13.9. The van der Waals surface area contributed by atoms with Gasteiger partial charge in [-0.25, -0.2) is 8.42 Å². The molecular formula is C9H15NO2S2. The molecule has 0 radical (unpaired) electrons. The average molecular weight is 233 g/mol. The van der Waals surface area contributed by atoms with E-state index in [9.17, 15) is 8.42 Å². The van der Waals surface area contributed by atoms with Crippen molar-refractivity contribution < 1.29 is 8.42 Å². The fraction of sp³-hybridized carbons (Fsp3) is 0.556. The van der Waals surface area contributed by atoms with Crippen LogP contribution in [0.15, 0.2) is 11.4 Å². The van der Waals surface area contributed by atoms with Gasteiger partial charge in [-0.1, -0.05) is 13.8 Å². The summed E-state index contributed by atoms with van der Waals surface area (Å²) in [6, 6.07) is 1.90. The molecule has 80 valence electrons. The minimum Gasteiger partial charge on any atom is -0.283 e. The van der Waals surface area contributed by atoms with Crippen LogP contribution in [0.1, 0.15) is 31.1 Å². The second kappa shape index (κ2) is 4.31. The maximum atomic E-state index is 10.9. The van der Waals surface area contributed by atoms with Gasteiger partial charge in [-0.05, 0) is 18.4 Å². The molecular weight excluding hydrogens is 218 g/mol. The van der Waals surface area contributed by atoms with Crippen LogP contribution in [-0.4, -0.2) is 14.7 Å². The Labute approximate surface area is 89.2 Å². The van der Waals surface area contributed by atoms with Crippen molar-refractivity contribution >= 4 is 27.0 Å². The molecule has 0 saturated carbocycles. The monoisotopic (exact) mass is 233 g/mol. The zero-order valence-corrected chi connectivity index (χ0v) is 10.2. The van der Waals surface area contributed by atoms with Crippen molar-refractivity contribution in [1.29, 1.82) is 0 Å². The molecule has 3 nitrogen and oxygen atoms in total. The molecule has 0 bridgehead atoms. The Morgan fingerprint density at radius 2 is 2.21 bits per heavy atom. The Balaban J connectivity index is 2.79. The number of anilines is 1. The third-order valence-corrected chi connectivity index (χ3v) is 3.79. The van der Waals surface area contributed by atoms with Gasteiger partial charge in [0.25, 0.3) is 0 Å². The molecule has 0 aliphatic heterocycles. The number of hydrogen-bond acceptors (Lipinski definition) is 3. The van der Waals surface area contributed by atoms with Crippen molar-refractivity contribution in [2.24, 2.45) is 0 Å². The van der Waals surface area contributed by atoms with Crippen LogP contribution >= 0.6 is 11.3 Å². The third-order valence-electron chi connectivity index (χ3n) is 2.02. The first-order valence-corrected chi connectivity index (χ1v) is 7.25. The lowest BCUT2D eigenvalue weighted by molar-refractivity contribution is 0.607. The van der Waals surface area contributed by atoms with Crippen LogP contribution in [0, 0.1) is 0 Å². The first-order valence-electron chi connectivity index (χ1n) is 4.48. The Morgan fingerprint density at radius 3 is 2.71 bits per heavy atom. The number of nitrogens with one attached hydrogen (secondary N) is 1. The number of sulfonamides is 1. The Kier molecular flexibility index (Phi) is 3.55. The molecule has 0 saturated heterocycles. The summed E-state index contributed by atoms with van der Waals surface area (Å²) in [5.74, 6) is 0.495. The predicted octanol–water partition coefficient (Wildman–Crippen LogP) is 2.63. The zero-order valence-electron chi connectivity index (χ0n) is 8.57. The van der Waals surface area contributed by atoms with Crippen molar-refractivity contribution in [2.75, 3.05) is 11.0 Å². The van der Waals surface area contributed by atoms with Crippen LogP contribution in [0.2, 0.25) is 0 Å². The zero-order chi connectivity index (χ0) is 10.8. The lowest BCUT2D eigenvalue weighted by Gasteiger charge is -2.03. The lowest BCUT2D eigenvalue weighted by Crippen LogP contribution is -2.08. The standard InChI is InChI=1S/C9H15NO2S2/c1-4-7(2)9-5-8(6-13-9)10-14(3,11)12/h5-7,10H,4H2,1-3H3. The van der Waals surface area contributed by atoms with Crippen LogP contribution in [0.3, 0.4) is 0 Å². The molecule has 5 heteroatoms. The van der Waals surface area contributed by atoms with Gasteiger partial charge < -0.3 is 0 Å². The van der Waals surface area contributed by atoms with Crippen LogP contribution in [0.5, 0.6) is 0 Å². The Hall–Kier alpha value is -0.550. The van der Waals surface area contributed by atoms with Crippen LogP contribution in [-0.2, 0) is 10.0 Å². The summed E-state index contributed by atoms with van der Waals surface area (Å²) in [6.45, 7) is 4.25. The van der Waals surface area contributed by atoms with E-state index < -0.39 is 10.0 Å². The summed E-state index contributed by atoms with van der Waals surface area (Å²) in [7, 11) is -3.14. The van der Waals surface area contributed by atoms with Crippen molar-refractivity contribution in [3.63, 3.8) is 0 Å². The van der Waals surface area contributed by atoms with E-state index in [1.807, 2.05) is 11.4 Å². The van der Waals surface area contributed by atoms with Gasteiger partial charge in [0.15, 0.2) is 0 Å². The molecule has 0 amide bonds. The molecule has 1 aromatic rings. The van der Waals surface area contributed by atoms with E-state index in [0.29, 0.717) is 11.6 Å². The van der Waals surface area contributed by atoms with Gasteiger partial charge in [-0.3, -0.25) is 4.72 Å². The Bertz CT molecular complexity index is 395. The van der Waals surface area contributed by atoms with Crippen molar-refractivity contribution in [3.05, 3.63) is 16.3 Å². The molecule has 1 heterocycles. The predicted molar refractivity (Wildman–Crippen MR) is 61.5 cm³/mol. The highest BCUT2D eigenvalue weighted by atomic mass is 32.2. The highest BCUT2D eigenvalue weighted by Crippen LogP contribution is 2.28. The maximum absolute atomic E-state index is 10.9. The molecule has 1 unspecified atom stereocenters. The summed E-state index contributed by atoms with van der Waals surface area (Å²) in [5.41, 5.74) is 0.674. The molecule has 1 atom stereocenters. The molecule has 0 aliphatic carbocycles. The van der Waals surface area contributed by atoms with E-state index in [1.54, 1.807) is 11.3 Å². The highest BCUT2D eigenvalue weighted by Gasteiger charge is 2.08. The van der Waals surface area contributed by atoms with Crippen LogP contribution in [0.4, 0.5) is 5.69 Å². The fourth-order valence-corrected chi connectivity index (χ4v) is 2.68. The van der Waals surface area contributed by atoms with Gasteiger partial charge in [0.2, 0.25) is 10.0 Å². The second-order valence-electron chi connectivity index (χ2n) is 3.42. The molecule has 0 aromatic carbocycles. The molecule has 0 spiro atoms. The smallest absolute Gasteiger partial charge is 0.229 e. The third kappa shape index (κ3) is 3.31. The van der Waals surface area contributed by atoms with Gasteiger partial charge in [0, 0.05) is 10.3 Å². The first-order chi connectivity index (χ1) is 6.42. The molecule has 1 N–H and O–H groups in total. The summed E-state index contributed by atoms with van der Waals surface area (Å²) in [6.07, 6.45) is 2.23. The number of thiophene rings is 1. The van der Waals surface area contributed by atoms with Crippen molar-refractivity contribution in [2.45, 2.75) is 26.2 Å². The van der Waals surface area contributed by atoms with Gasteiger partial charge in [-0.15, -0.1) is 11.3 Å². The van der Waals surface area contributed by atoms with Gasteiger partial charge in [-0.2, -0.15) is 0 Å². The minimum absolute atomic E-state index is 0.495. The van der Waals surface area contributed by atoms with E-state index >= 15 is 0 Å². The SMILES string of the molecule is CCC(C)c1cc(NS(C)(=O)=O)cs1. The minimum atomic E-state index is -3.14. The molecule has 14 heavy (non-hydrogen) atoms. The fourth-order valence-electron chi connectivity index (χ4n) is 1.08. The topological polar surface area (TPSA) is 46.2 Å². The second-order valence-corrected chi connectivity index (χ2v) is 6.11. The lowest BCUT2D eigenvalue weighted by atomic mass is 10.1. The maximum Gasteiger partial charge on any atom is 0.229 e. The van der Waals surface area contributed by atoms with E-state index in [1.165, 1.54) is 4.88 Å². The van der Waals surface area contributed by atoms with Crippen LogP contribution < -0.4 is 4.72 Å². The van der Waals surface area contributed by atoms with Crippen molar-refractivity contribution in [1.82, 2.24) is 0 Å². The van der Waals surface area contributed by atoms with Gasteiger partial charge >= 0.3 is 0 Å². The first kappa shape index (κ1) is 11.5.